The summed E-state index contributed by atoms with van der Waals surface area (Å²) in [6, 6.07) is -0.554. The quantitative estimate of drug-likeness (QED) is 0.434. The molecule has 0 aromatic carbocycles. The Labute approximate surface area is 87.4 Å². The van der Waals surface area contributed by atoms with Gasteiger partial charge in [-0.05, 0) is 18.9 Å². The van der Waals surface area contributed by atoms with Crippen molar-refractivity contribution in [3.8, 4) is 0 Å². The molecule has 1 unspecified atom stereocenters. The molecule has 7 nitrogen and oxygen atoms in total. The molecule has 1 rings (SSSR count). The summed E-state index contributed by atoms with van der Waals surface area (Å²) in [4.78, 5) is 13.9. The van der Waals surface area contributed by atoms with Gasteiger partial charge in [-0.1, -0.05) is 5.11 Å². The zero-order valence-corrected chi connectivity index (χ0v) is 8.55. The summed E-state index contributed by atoms with van der Waals surface area (Å²) in [7, 11) is 0. The van der Waals surface area contributed by atoms with Crippen molar-refractivity contribution in [2.45, 2.75) is 25.4 Å². The van der Waals surface area contributed by atoms with Crippen molar-refractivity contribution in [1.29, 1.82) is 0 Å². The van der Waals surface area contributed by atoms with Gasteiger partial charge in [-0.2, -0.15) is 0 Å². The Balaban J connectivity index is 2.48. The van der Waals surface area contributed by atoms with Gasteiger partial charge in [0, 0.05) is 11.5 Å². The van der Waals surface area contributed by atoms with Gasteiger partial charge < -0.3 is 14.8 Å². The first-order valence-electron chi connectivity index (χ1n) is 4.83. The third-order valence-electron chi connectivity index (χ3n) is 2.10. The van der Waals surface area contributed by atoms with Crippen molar-refractivity contribution in [2.75, 3.05) is 19.8 Å². The van der Waals surface area contributed by atoms with Gasteiger partial charge in [0.2, 0.25) is 0 Å². The van der Waals surface area contributed by atoms with Gasteiger partial charge in [0.05, 0.1) is 25.3 Å². The lowest BCUT2D eigenvalue weighted by Gasteiger charge is -2.28. The molecule has 2 atom stereocenters. The number of rotatable bonds is 3. The van der Waals surface area contributed by atoms with Crippen LogP contribution in [-0.4, -0.2) is 38.0 Å². The number of alkyl carbamates (subject to hydrolysis) is 1. The van der Waals surface area contributed by atoms with Crippen LogP contribution in [0.25, 0.3) is 10.4 Å². The molecule has 0 aromatic rings. The second kappa shape index (κ2) is 6.10. The highest BCUT2D eigenvalue weighted by Crippen LogP contribution is 2.12. The molecular weight excluding hydrogens is 200 g/mol. The monoisotopic (exact) mass is 214 g/mol. The number of nitrogens with zero attached hydrogens (tertiary/aromatic N) is 3. The van der Waals surface area contributed by atoms with Gasteiger partial charge in [0.15, 0.2) is 0 Å². The van der Waals surface area contributed by atoms with Crippen LogP contribution in [0.15, 0.2) is 5.11 Å². The van der Waals surface area contributed by atoms with E-state index >= 15 is 0 Å². The first kappa shape index (κ1) is 11.6. The number of nitrogens with one attached hydrogen (secondary N) is 1. The standard InChI is InChI=1S/C8H14N4O3/c1-2-15-8(13)10-7-5-14-4-3-6(7)11-12-9/h6-7H,2-5H2,1H3,(H,10,13)/t6?,7-/m1/s1. The molecular formula is C8H14N4O3. The molecule has 0 aliphatic carbocycles. The van der Waals surface area contributed by atoms with E-state index in [4.69, 9.17) is 15.0 Å². The molecule has 0 radical (unpaired) electrons. The van der Waals surface area contributed by atoms with Crippen LogP contribution in [0.1, 0.15) is 13.3 Å². The summed E-state index contributed by atoms with van der Waals surface area (Å²) in [6.45, 7) is 2.93. The average Bonchev–Trinajstić information content (AvgIpc) is 2.21. The topological polar surface area (TPSA) is 96.3 Å². The van der Waals surface area contributed by atoms with Crippen LogP contribution in [0.2, 0.25) is 0 Å². The summed E-state index contributed by atoms with van der Waals surface area (Å²) in [5.74, 6) is 0. The third-order valence-corrected chi connectivity index (χ3v) is 2.10. The van der Waals surface area contributed by atoms with Crippen LogP contribution in [-0.2, 0) is 9.47 Å². The number of azide groups is 1. The van der Waals surface area contributed by atoms with E-state index < -0.39 is 6.09 Å². The summed E-state index contributed by atoms with van der Waals surface area (Å²) in [6.07, 6.45) is 0.104. The Bertz CT molecular complexity index is 265. The lowest BCUT2D eigenvalue weighted by Crippen LogP contribution is -2.48. The van der Waals surface area contributed by atoms with E-state index in [1.807, 2.05) is 0 Å². The molecule has 1 saturated heterocycles. The Kier molecular flexibility index (Phi) is 4.73. The van der Waals surface area contributed by atoms with Crippen LogP contribution in [0.5, 0.6) is 0 Å². The highest BCUT2D eigenvalue weighted by atomic mass is 16.5. The summed E-state index contributed by atoms with van der Waals surface area (Å²) in [5.41, 5.74) is 8.35. The summed E-state index contributed by atoms with van der Waals surface area (Å²) in [5, 5.41) is 6.21. The first-order valence-corrected chi connectivity index (χ1v) is 4.83. The Morgan fingerprint density at radius 3 is 3.27 bits per heavy atom. The van der Waals surface area contributed by atoms with Crippen molar-refractivity contribution in [3.63, 3.8) is 0 Å². The van der Waals surface area contributed by atoms with E-state index in [2.05, 4.69) is 15.3 Å². The number of hydrogen-bond acceptors (Lipinski definition) is 4. The molecule has 15 heavy (non-hydrogen) atoms. The van der Waals surface area contributed by atoms with Crippen molar-refractivity contribution in [1.82, 2.24) is 5.32 Å². The predicted molar refractivity (Wildman–Crippen MR) is 52.3 cm³/mol. The van der Waals surface area contributed by atoms with Gasteiger partial charge >= 0.3 is 6.09 Å². The SMILES string of the molecule is CCOC(=O)N[C@@H]1COCCC1N=[N+]=[N-]. The summed E-state index contributed by atoms with van der Waals surface area (Å²) < 4.78 is 9.91. The Morgan fingerprint density at radius 1 is 1.80 bits per heavy atom. The third kappa shape index (κ3) is 3.65. The molecule has 84 valence electrons. The number of carbonyl (C=O) groups excluding carboxylic acids is 1. The lowest BCUT2D eigenvalue weighted by atomic mass is 10.1. The van der Waals surface area contributed by atoms with Crippen LogP contribution in [0.4, 0.5) is 4.79 Å². The molecule has 1 amide bonds. The minimum absolute atomic E-state index is 0.256. The highest BCUT2D eigenvalue weighted by Gasteiger charge is 2.26. The van der Waals surface area contributed by atoms with Crippen molar-refractivity contribution in [2.24, 2.45) is 5.11 Å². The minimum Gasteiger partial charge on any atom is -0.450 e. The predicted octanol–water partition coefficient (Wildman–Crippen LogP) is 1.20. The van der Waals surface area contributed by atoms with Crippen molar-refractivity contribution >= 4 is 6.09 Å². The van der Waals surface area contributed by atoms with Gasteiger partial charge in [-0.25, -0.2) is 4.79 Å². The fourth-order valence-corrected chi connectivity index (χ4v) is 1.39. The fraction of sp³-hybridized carbons (Fsp3) is 0.875. The largest absolute Gasteiger partial charge is 0.450 e. The molecule has 1 aliphatic rings. The van der Waals surface area contributed by atoms with Gasteiger partial charge in [0.1, 0.15) is 0 Å². The molecule has 0 aromatic heterocycles. The normalized spacial score (nSPS) is 25.1. The van der Waals surface area contributed by atoms with E-state index in [9.17, 15) is 4.79 Å². The van der Waals surface area contributed by atoms with E-state index in [1.54, 1.807) is 6.92 Å². The van der Waals surface area contributed by atoms with E-state index in [0.29, 0.717) is 26.2 Å². The van der Waals surface area contributed by atoms with Crippen LogP contribution < -0.4 is 5.32 Å². The highest BCUT2D eigenvalue weighted by molar-refractivity contribution is 5.67. The fourth-order valence-electron chi connectivity index (χ4n) is 1.39. The van der Waals surface area contributed by atoms with Crippen LogP contribution >= 0.6 is 0 Å². The Morgan fingerprint density at radius 2 is 2.60 bits per heavy atom. The van der Waals surface area contributed by atoms with Crippen LogP contribution in [0.3, 0.4) is 0 Å². The van der Waals surface area contributed by atoms with Gasteiger partial charge in [0.25, 0.3) is 0 Å². The van der Waals surface area contributed by atoms with Crippen molar-refractivity contribution < 1.29 is 14.3 Å². The first-order chi connectivity index (χ1) is 7.27. The molecule has 7 heteroatoms. The minimum atomic E-state index is -0.508. The van der Waals surface area contributed by atoms with E-state index in [-0.39, 0.29) is 12.1 Å². The van der Waals surface area contributed by atoms with Gasteiger partial charge in [-0.3, -0.25) is 0 Å². The average molecular weight is 214 g/mol. The van der Waals surface area contributed by atoms with Crippen molar-refractivity contribution in [3.05, 3.63) is 10.4 Å². The Hall–Kier alpha value is -1.46. The molecule has 1 fully saturated rings. The molecule has 0 saturated carbocycles. The molecule has 1 heterocycles. The molecule has 0 spiro atoms. The van der Waals surface area contributed by atoms with Gasteiger partial charge in [-0.15, -0.1) is 0 Å². The summed E-state index contributed by atoms with van der Waals surface area (Å²) >= 11 is 0. The number of ether oxygens (including phenoxy) is 2. The molecule has 1 aliphatic heterocycles. The molecule has 0 bridgehead atoms. The zero-order chi connectivity index (χ0) is 11.1. The number of hydrogen-bond donors (Lipinski definition) is 1. The maximum Gasteiger partial charge on any atom is 0.407 e. The lowest BCUT2D eigenvalue weighted by molar-refractivity contribution is 0.0552. The second-order valence-electron chi connectivity index (χ2n) is 3.11. The number of carbonyl (C=O) groups is 1. The smallest absolute Gasteiger partial charge is 0.407 e. The maximum atomic E-state index is 11.1. The van der Waals surface area contributed by atoms with E-state index in [1.165, 1.54) is 0 Å². The second-order valence-corrected chi connectivity index (χ2v) is 3.11. The zero-order valence-electron chi connectivity index (χ0n) is 8.55. The number of amides is 1. The molecule has 1 N–H and O–H groups in total. The van der Waals surface area contributed by atoms with Crippen LogP contribution in [0, 0.1) is 0 Å². The van der Waals surface area contributed by atoms with E-state index in [0.717, 1.165) is 0 Å². The maximum absolute atomic E-state index is 11.1.